The number of ether oxygens (including phenoxy) is 1. The molecule has 1 aromatic carbocycles. The van der Waals surface area contributed by atoms with Crippen LogP contribution in [0.1, 0.15) is 51.0 Å². The molecule has 0 aromatic heterocycles. The van der Waals surface area contributed by atoms with Gasteiger partial charge >= 0.3 is 0 Å². The molecule has 1 aromatic rings. The number of phenols is 1. The fraction of sp³-hybridized carbons (Fsp3) is 0.600. The third-order valence-corrected chi connectivity index (χ3v) is 3.09. The lowest BCUT2D eigenvalue weighted by molar-refractivity contribution is 0.410. The zero-order valence-corrected chi connectivity index (χ0v) is 11.0. The summed E-state index contributed by atoms with van der Waals surface area (Å²) in [6.07, 6.45) is 8.59. The molecule has 0 fully saturated rings. The molecular weight excluding hydrogens is 212 g/mol. The molecule has 2 heteroatoms. The molecule has 96 valence electrons. The SMILES string of the molecule is CCCCCCCCc1cc(OC)ccc1O. The number of unbranched alkanes of at least 4 members (excludes halogenated alkanes) is 5. The molecule has 0 aliphatic heterocycles. The second-order valence-corrected chi connectivity index (χ2v) is 4.51. The van der Waals surface area contributed by atoms with Crippen molar-refractivity contribution in [1.29, 1.82) is 0 Å². The fourth-order valence-electron chi connectivity index (χ4n) is 1.98. The van der Waals surface area contributed by atoms with Gasteiger partial charge in [-0.1, -0.05) is 39.0 Å². The minimum Gasteiger partial charge on any atom is -0.508 e. The van der Waals surface area contributed by atoms with E-state index in [1.54, 1.807) is 19.2 Å². The number of hydrogen-bond acceptors (Lipinski definition) is 2. The van der Waals surface area contributed by atoms with Gasteiger partial charge in [0.15, 0.2) is 0 Å². The van der Waals surface area contributed by atoms with Gasteiger partial charge in [-0.05, 0) is 36.6 Å². The molecule has 0 spiro atoms. The van der Waals surface area contributed by atoms with Crippen LogP contribution in [0.4, 0.5) is 0 Å². The smallest absolute Gasteiger partial charge is 0.119 e. The normalized spacial score (nSPS) is 10.5. The highest BCUT2D eigenvalue weighted by atomic mass is 16.5. The maximum Gasteiger partial charge on any atom is 0.119 e. The number of aryl methyl sites for hydroxylation is 1. The Labute approximate surface area is 105 Å². The summed E-state index contributed by atoms with van der Waals surface area (Å²) in [6, 6.07) is 5.44. The van der Waals surface area contributed by atoms with Crippen LogP contribution in [0.2, 0.25) is 0 Å². The van der Waals surface area contributed by atoms with E-state index in [2.05, 4.69) is 6.92 Å². The van der Waals surface area contributed by atoms with Crippen molar-refractivity contribution < 1.29 is 9.84 Å². The van der Waals surface area contributed by atoms with E-state index in [1.807, 2.05) is 6.07 Å². The number of phenolic OH excluding ortho intramolecular Hbond substituents is 1. The number of benzene rings is 1. The van der Waals surface area contributed by atoms with E-state index in [9.17, 15) is 5.11 Å². The summed E-state index contributed by atoms with van der Waals surface area (Å²) in [5.74, 6) is 1.21. The van der Waals surface area contributed by atoms with Crippen molar-refractivity contribution in [3.8, 4) is 11.5 Å². The van der Waals surface area contributed by atoms with Gasteiger partial charge in [-0.2, -0.15) is 0 Å². The van der Waals surface area contributed by atoms with E-state index in [0.717, 1.165) is 24.2 Å². The second kappa shape index (κ2) is 7.99. The molecule has 0 amide bonds. The van der Waals surface area contributed by atoms with E-state index >= 15 is 0 Å². The van der Waals surface area contributed by atoms with E-state index in [-0.39, 0.29) is 0 Å². The molecule has 0 unspecified atom stereocenters. The fourth-order valence-corrected chi connectivity index (χ4v) is 1.98. The maximum atomic E-state index is 9.72. The Morgan fingerprint density at radius 2 is 1.76 bits per heavy atom. The summed E-state index contributed by atoms with van der Waals surface area (Å²) < 4.78 is 5.16. The van der Waals surface area contributed by atoms with Crippen LogP contribution in [0, 0.1) is 0 Å². The van der Waals surface area contributed by atoms with E-state index in [0.29, 0.717) is 5.75 Å². The number of methoxy groups -OCH3 is 1. The predicted octanol–water partition coefficient (Wildman–Crippen LogP) is 4.30. The van der Waals surface area contributed by atoms with Gasteiger partial charge in [0.25, 0.3) is 0 Å². The van der Waals surface area contributed by atoms with Gasteiger partial charge in [-0.25, -0.2) is 0 Å². The monoisotopic (exact) mass is 236 g/mol. The zero-order chi connectivity index (χ0) is 12.5. The predicted molar refractivity (Wildman–Crippen MR) is 71.7 cm³/mol. The maximum absolute atomic E-state index is 9.72. The van der Waals surface area contributed by atoms with Crippen LogP contribution in [-0.4, -0.2) is 12.2 Å². The average Bonchev–Trinajstić information content (AvgIpc) is 2.35. The summed E-state index contributed by atoms with van der Waals surface area (Å²) >= 11 is 0. The second-order valence-electron chi connectivity index (χ2n) is 4.51. The van der Waals surface area contributed by atoms with Crippen molar-refractivity contribution in [1.82, 2.24) is 0 Å². The largest absolute Gasteiger partial charge is 0.508 e. The van der Waals surface area contributed by atoms with Gasteiger partial charge in [0.05, 0.1) is 7.11 Å². The Morgan fingerprint density at radius 1 is 1.06 bits per heavy atom. The molecule has 0 aliphatic rings. The van der Waals surface area contributed by atoms with Crippen molar-refractivity contribution in [3.63, 3.8) is 0 Å². The quantitative estimate of drug-likeness (QED) is 0.682. The minimum atomic E-state index is 0.388. The van der Waals surface area contributed by atoms with Gasteiger partial charge < -0.3 is 9.84 Å². The van der Waals surface area contributed by atoms with Crippen LogP contribution in [-0.2, 0) is 6.42 Å². The standard InChI is InChI=1S/C15H24O2/c1-3-4-5-6-7-8-9-13-12-14(17-2)10-11-15(13)16/h10-12,16H,3-9H2,1-2H3. The van der Waals surface area contributed by atoms with Crippen molar-refractivity contribution in [2.75, 3.05) is 7.11 Å². The molecule has 0 radical (unpaired) electrons. The summed E-state index contributed by atoms with van der Waals surface area (Å²) in [6.45, 7) is 2.23. The molecule has 17 heavy (non-hydrogen) atoms. The Kier molecular flexibility index (Phi) is 6.53. The number of aromatic hydroxyl groups is 1. The summed E-state index contributed by atoms with van der Waals surface area (Å²) in [7, 11) is 1.65. The molecule has 0 saturated heterocycles. The highest BCUT2D eigenvalue weighted by Crippen LogP contribution is 2.24. The molecule has 0 aliphatic carbocycles. The Balaban J connectivity index is 2.30. The molecule has 0 atom stereocenters. The van der Waals surface area contributed by atoms with Crippen molar-refractivity contribution in [2.45, 2.75) is 51.9 Å². The molecule has 2 nitrogen and oxygen atoms in total. The van der Waals surface area contributed by atoms with Gasteiger partial charge in [0.1, 0.15) is 11.5 Å². The summed E-state index contributed by atoms with van der Waals surface area (Å²) in [5.41, 5.74) is 1.000. The lowest BCUT2D eigenvalue weighted by Gasteiger charge is -2.07. The molecule has 0 heterocycles. The molecule has 1 rings (SSSR count). The topological polar surface area (TPSA) is 29.5 Å². The van der Waals surface area contributed by atoms with E-state index in [1.165, 1.54) is 32.1 Å². The lowest BCUT2D eigenvalue weighted by Crippen LogP contribution is -1.90. The highest BCUT2D eigenvalue weighted by molar-refractivity contribution is 5.39. The van der Waals surface area contributed by atoms with E-state index < -0.39 is 0 Å². The van der Waals surface area contributed by atoms with Crippen LogP contribution in [0.25, 0.3) is 0 Å². The number of hydrogen-bond donors (Lipinski definition) is 1. The van der Waals surface area contributed by atoms with Crippen LogP contribution in [0.5, 0.6) is 11.5 Å². The Morgan fingerprint density at radius 3 is 2.47 bits per heavy atom. The number of rotatable bonds is 8. The van der Waals surface area contributed by atoms with Crippen LogP contribution >= 0.6 is 0 Å². The molecule has 1 N–H and O–H groups in total. The van der Waals surface area contributed by atoms with Gasteiger partial charge in [0.2, 0.25) is 0 Å². The van der Waals surface area contributed by atoms with E-state index in [4.69, 9.17) is 4.74 Å². The van der Waals surface area contributed by atoms with Crippen LogP contribution < -0.4 is 4.74 Å². The zero-order valence-electron chi connectivity index (χ0n) is 11.0. The summed E-state index contributed by atoms with van der Waals surface area (Å²) in [5, 5.41) is 9.72. The van der Waals surface area contributed by atoms with Crippen LogP contribution in [0.15, 0.2) is 18.2 Å². The van der Waals surface area contributed by atoms with Crippen molar-refractivity contribution >= 4 is 0 Å². The highest BCUT2D eigenvalue weighted by Gasteiger charge is 2.02. The van der Waals surface area contributed by atoms with Gasteiger partial charge in [0, 0.05) is 0 Å². The molecule has 0 saturated carbocycles. The molecular formula is C15H24O2. The Hall–Kier alpha value is -1.18. The lowest BCUT2D eigenvalue weighted by atomic mass is 10.0. The first-order valence-corrected chi connectivity index (χ1v) is 6.63. The van der Waals surface area contributed by atoms with Gasteiger partial charge in [-0.3, -0.25) is 0 Å². The first-order chi connectivity index (χ1) is 8.27. The first kappa shape index (κ1) is 13.9. The Bertz CT molecular complexity index is 321. The third-order valence-electron chi connectivity index (χ3n) is 3.09. The van der Waals surface area contributed by atoms with Crippen LogP contribution in [0.3, 0.4) is 0 Å². The van der Waals surface area contributed by atoms with Crippen molar-refractivity contribution in [2.24, 2.45) is 0 Å². The van der Waals surface area contributed by atoms with Crippen molar-refractivity contribution in [3.05, 3.63) is 23.8 Å². The first-order valence-electron chi connectivity index (χ1n) is 6.63. The summed E-state index contributed by atoms with van der Waals surface area (Å²) in [4.78, 5) is 0. The third kappa shape index (κ3) is 5.12. The average molecular weight is 236 g/mol. The molecule has 0 bridgehead atoms. The minimum absolute atomic E-state index is 0.388. The van der Waals surface area contributed by atoms with Gasteiger partial charge in [-0.15, -0.1) is 0 Å².